The number of hydrogen-bond donors (Lipinski definition) is 2. The highest BCUT2D eigenvalue weighted by Gasteiger charge is 2.63. The van der Waals surface area contributed by atoms with Crippen LogP contribution in [0.1, 0.15) is 70.9 Å². The molecule has 0 saturated carbocycles. The number of fused-ring (bicyclic) bond motifs is 2. The first-order chi connectivity index (χ1) is 32.2. The fraction of sp³-hybridized carbons (Fsp3) is 0.431. The van der Waals surface area contributed by atoms with Gasteiger partial charge in [-0.3, -0.25) is 23.4 Å². The molecule has 1 amide bonds. The molecule has 4 aromatic carbocycles. The van der Waals surface area contributed by atoms with E-state index < -0.39 is 43.7 Å². The number of aliphatic hydroxyl groups excluding tert-OH is 1. The normalized spacial score (nSPS) is 25.4. The quantitative estimate of drug-likeness (QED) is 0.0781. The molecule has 66 heavy (non-hydrogen) atoms. The van der Waals surface area contributed by atoms with Crippen molar-refractivity contribution in [3.8, 4) is 11.5 Å². The van der Waals surface area contributed by atoms with Gasteiger partial charge in [0, 0.05) is 62.5 Å². The Balaban J connectivity index is 0.894. The number of methoxy groups -OCH3 is 1. The van der Waals surface area contributed by atoms with Gasteiger partial charge in [-0.25, -0.2) is 4.79 Å². The van der Waals surface area contributed by atoms with Crippen LogP contribution in [0.2, 0.25) is 0 Å². The van der Waals surface area contributed by atoms with Gasteiger partial charge in [0.05, 0.1) is 26.9 Å². The third kappa shape index (κ3) is 8.70. The fourth-order valence-corrected chi connectivity index (χ4v) is 13.3. The van der Waals surface area contributed by atoms with Crippen LogP contribution in [0, 0.1) is 12.8 Å². The van der Waals surface area contributed by atoms with E-state index in [0.717, 1.165) is 42.0 Å². The van der Waals surface area contributed by atoms with Crippen LogP contribution in [0.25, 0.3) is 0 Å². The molecular formula is C51H59N6O8P. The highest BCUT2D eigenvalue weighted by molar-refractivity contribution is 7.50. The third-order valence-electron chi connectivity index (χ3n) is 13.8. The van der Waals surface area contributed by atoms with Crippen LogP contribution in [0.4, 0.5) is 5.82 Å². The number of nitrogens with zero attached hydrogens (tertiary/aromatic N) is 5. The minimum atomic E-state index is -1.34. The molecule has 14 nitrogen and oxygen atoms in total. The summed E-state index contributed by atoms with van der Waals surface area (Å²) < 4.78 is 41.9. The van der Waals surface area contributed by atoms with Gasteiger partial charge in [0.2, 0.25) is 0 Å². The zero-order chi connectivity index (χ0) is 45.3. The van der Waals surface area contributed by atoms with E-state index in [-0.39, 0.29) is 24.9 Å². The highest BCUT2D eigenvalue weighted by Crippen LogP contribution is 2.53. The zero-order valence-corrected chi connectivity index (χ0v) is 38.6. The molecule has 0 aliphatic carbocycles. The monoisotopic (exact) mass is 914 g/mol. The number of aliphatic hydroxyl groups is 1. The summed E-state index contributed by atoms with van der Waals surface area (Å²) in [6.45, 7) is 9.38. The average molecular weight is 915 g/mol. The molecule has 6 heterocycles. The number of aryl methyl sites for hydroxylation is 1. The van der Waals surface area contributed by atoms with Gasteiger partial charge >= 0.3 is 5.69 Å². The van der Waals surface area contributed by atoms with E-state index in [4.69, 9.17) is 23.7 Å². The van der Waals surface area contributed by atoms with Gasteiger partial charge in [0.15, 0.2) is 6.23 Å². The van der Waals surface area contributed by atoms with E-state index in [1.54, 1.807) is 44.5 Å². The van der Waals surface area contributed by atoms with E-state index in [0.29, 0.717) is 29.4 Å². The third-order valence-corrected chi connectivity index (χ3v) is 16.5. The van der Waals surface area contributed by atoms with Crippen molar-refractivity contribution in [1.29, 1.82) is 0 Å². The Kier molecular flexibility index (Phi) is 13.1. The van der Waals surface area contributed by atoms with Gasteiger partial charge in [0.25, 0.3) is 5.91 Å². The van der Waals surface area contributed by atoms with Crippen LogP contribution in [-0.4, -0.2) is 119 Å². The lowest BCUT2D eigenvalue weighted by molar-refractivity contribution is -0.204. The summed E-state index contributed by atoms with van der Waals surface area (Å²) in [5.74, 6) is 1.70. The van der Waals surface area contributed by atoms with Crippen molar-refractivity contribution < 1.29 is 33.6 Å². The zero-order valence-electron chi connectivity index (χ0n) is 37.7. The van der Waals surface area contributed by atoms with E-state index >= 15 is 0 Å². The molecule has 0 spiro atoms. The van der Waals surface area contributed by atoms with Crippen LogP contribution in [0.15, 0.2) is 120 Å². The largest absolute Gasteiger partial charge is 0.497 e. The lowest BCUT2D eigenvalue weighted by Crippen LogP contribution is -2.48. The summed E-state index contributed by atoms with van der Waals surface area (Å²) in [5, 5.41) is 14.7. The summed E-state index contributed by atoms with van der Waals surface area (Å²) in [5.41, 5.74) is 0.333. The number of rotatable bonds is 16. The molecule has 5 aliphatic rings. The molecule has 5 aromatic rings. The van der Waals surface area contributed by atoms with Gasteiger partial charge in [-0.05, 0) is 92.1 Å². The Hall–Kier alpha value is -5.02. The van der Waals surface area contributed by atoms with Crippen LogP contribution < -0.4 is 20.5 Å². The SMILES string of the molecule is COc1ccc(C(OCC23CO[C@@H]([C@H](n4cc(C)c(NC(=O)c5ccccc5)nc4=O)O2)[C@@H]3O)(c2ccccc2)c2ccc(OCC3CCN(P(N4CCCC4)N4CCCC4)C3)cc2)cc1. The molecule has 5 aliphatic heterocycles. The number of amides is 1. The van der Waals surface area contributed by atoms with Gasteiger partial charge < -0.3 is 34.1 Å². The van der Waals surface area contributed by atoms with Gasteiger partial charge in [0.1, 0.15) is 49.1 Å². The second kappa shape index (κ2) is 19.3. The van der Waals surface area contributed by atoms with Crippen LogP contribution in [0.3, 0.4) is 0 Å². The summed E-state index contributed by atoms with van der Waals surface area (Å²) in [6.07, 6.45) is 4.91. The van der Waals surface area contributed by atoms with Gasteiger partial charge in [-0.15, -0.1) is 0 Å². The Bertz CT molecular complexity index is 2490. The molecule has 5 fully saturated rings. The smallest absolute Gasteiger partial charge is 0.351 e. The second-order valence-electron chi connectivity index (χ2n) is 18.1. The number of hydrogen-bond acceptors (Lipinski definition) is 12. The molecule has 0 radical (unpaired) electrons. The van der Waals surface area contributed by atoms with E-state index in [2.05, 4.69) is 36.4 Å². The van der Waals surface area contributed by atoms with Crippen molar-refractivity contribution in [2.45, 2.75) is 68.7 Å². The van der Waals surface area contributed by atoms with Crippen molar-refractivity contribution >= 4 is 20.1 Å². The molecule has 346 valence electrons. The number of carbonyl (C=O) groups excluding carboxylic acids is 1. The maximum Gasteiger partial charge on any atom is 0.351 e. The van der Waals surface area contributed by atoms with Crippen LogP contribution in [-0.2, 0) is 19.8 Å². The van der Waals surface area contributed by atoms with Gasteiger partial charge in [-0.2, -0.15) is 4.98 Å². The number of aromatic nitrogens is 2. The predicted molar refractivity (Wildman–Crippen MR) is 252 cm³/mol. The summed E-state index contributed by atoms with van der Waals surface area (Å²) >= 11 is 0. The molecule has 3 unspecified atom stereocenters. The molecule has 15 heteroatoms. The number of carbonyl (C=O) groups is 1. The molecule has 2 N–H and O–H groups in total. The second-order valence-corrected chi connectivity index (χ2v) is 20.4. The molecule has 2 bridgehead atoms. The molecular weight excluding hydrogens is 856 g/mol. The predicted octanol–water partition coefficient (Wildman–Crippen LogP) is 6.97. The minimum Gasteiger partial charge on any atom is -0.497 e. The summed E-state index contributed by atoms with van der Waals surface area (Å²) in [4.78, 5) is 30.8. The topological polar surface area (TPSA) is 140 Å². The minimum absolute atomic E-state index is 0.0402. The molecule has 1 aromatic heterocycles. The lowest BCUT2D eigenvalue weighted by Gasteiger charge is -2.40. The van der Waals surface area contributed by atoms with Crippen LogP contribution >= 0.6 is 8.37 Å². The van der Waals surface area contributed by atoms with E-state index in [1.165, 1.54) is 56.4 Å². The maximum atomic E-state index is 13.6. The Labute approximate surface area is 387 Å². The lowest BCUT2D eigenvalue weighted by atomic mass is 9.79. The number of anilines is 1. The number of benzene rings is 4. The summed E-state index contributed by atoms with van der Waals surface area (Å²) in [6, 6.07) is 34.7. The van der Waals surface area contributed by atoms with Crippen LogP contribution in [0.5, 0.6) is 11.5 Å². The Morgan fingerprint density at radius 1 is 0.833 bits per heavy atom. The summed E-state index contributed by atoms with van der Waals surface area (Å²) in [7, 11) is 1.24. The van der Waals surface area contributed by atoms with Crippen molar-refractivity contribution in [2.75, 3.05) is 71.5 Å². The number of nitrogens with one attached hydrogen (secondary N) is 1. The molecule has 6 atom stereocenters. The molecule has 10 rings (SSSR count). The van der Waals surface area contributed by atoms with Crippen molar-refractivity contribution in [3.63, 3.8) is 0 Å². The first kappa shape index (κ1) is 44.8. The van der Waals surface area contributed by atoms with Gasteiger partial charge in [-0.1, -0.05) is 72.8 Å². The van der Waals surface area contributed by atoms with Crippen molar-refractivity contribution in [1.82, 2.24) is 23.6 Å². The first-order valence-corrected chi connectivity index (χ1v) is 24.5. The van der Waals surface area contributed by atoms with Crippen molar-refractivity contribution in [3.05, 3.63) is 154 Å². The Morgan fingerprint density at radius 2 is 1.44 bits per heavy atom. The molecule has 5 saturated heterocycles. The number of ether oxygens (including phenoxy) is 5. The van der Waals surface area contributed by atoms with E-state index in [9.17, 15) is 14.7 Å². The fourth-order valence-electron chi connectivity index (χ4n) is 10.3. The van der Waals surface area contributed by atoms with Crippen molar-refractivity contribution in [2.24, 2.45) is 5.92 Å². The first-order valence-electron chi connectivity index (χ1n) is 23.3. The Morgan fingerprint density at radius 3 is 2.08 bits per heavy atom. The maximum absolute atomic E-state index is 13.6. The highest BCUT2D eigenvalue weighted by atomic mass is 31.2. The van der Waals surface area contributed by atoms with E-state index in [1.807, 2.05) is 72.8 Å². The standard InChI is InChI=1S/C51H59N6O8P/c1-36-31-57(49(60)53-46(36)52-47(59)38-13-5-3-6-14-38)48-44-45(58)50(65-48,34-63-44)35-64-51(39-15-7-4-8-16-39,40-17-21-42(61-2)22-18-40)41-19-23-43(24-20-41)62-33-37-25-30-56(32-37)66(54-26-9-10-27-54)55-28-11-12-29-55/h3-8,13-24,31,37,44-45,48,58H,9-12,25-30,32-35H2,1-2H3,(H,52,53,59,60)/t37?,44-,45+,48-,50?,51?/m1/s1. The average Bonchev–Trinajstić information content (AvgIpc) is 4.24.